The minimum atomic E-state index is -0.576. The summed E-state index contributed by atoms with van der Waals surface area (Å²) in [5, 5.41) is 4.99. The summed E-state index contributed by atoms with van der Waals surface area (Å²) in [5.74, 6) is 0. The molecule has 0 aliphatic carbocycles. The average Bonchev–Trinajstić information content (AvgIpc) is 2.25. The van der Waals surface area contributed by atoms with Gasteiger partial charge in [-0.2, -0.15) is 0 Å². The first-order chi connectivity index (χ1) is 7.13. The zero-order chi connectivity index (χ0) is 11.7. The van der Waals surface area contributed by atoms with E-state index in [-0.39, 0.29) is 0 Å². The van der Waals surface area contributed by atoms with Crippen LogP contribution < -0.4 is 10.6 Å². The van der Waals surface area contributed by atoms with Crippen LogP contribution in [0.4, 0.5) is 9.59 Å². The average molecular weight is 218 g/mol. The first kappa shape index (κ1) is 13.5. The summed E-state index contributed by atoms with van der Waals surface area (Å²) in [6, 6.07) is 0. The van der Waals surface area contributed by atoms with E-state index in [1.165, 1.54) is 14.2 Å². The molecule has 0 unspecified atom stereocenters. The van der Waals surface area contributed by atoms with Crippen LogP contribution in [0.15, 0.2) is 0 Å². The van der Waals surface area contributed by atoms with Gasteiger partial charge in [0, 0.05) is 0 Å². The van der Waals surface area contributed by atoms with Gasteiger partial charge >= 0.3 is 12.2 Å². The van der Waals surface area contributed by atoms with Gasteiger partial charge in [0.15, 0.2) is 0 Å². The number of carbonyl (C=O) groups is 2. The summed E-state index contributed by atoms with van der Waals surface area (Å²) in [5.41, 5.74) is 0. The highest BCUT2D eigenvalue weighted by molar-refractivity contribution is 5.70. The van der Waals surface area contributed by atoms with E-state index in [2.05, 4.69) is 20.1 Å². The molecule has 6 heteroatoms. The Labute approximate surface area is 89.3 Å². The van der Waals surface area contributed by atoms with E-state index in [4.69, 9.17) is 0 Å². The SMILES string of the molecule is CCCCC(NC(=O)OC)NC(=O)OC. The maximum absolute atomic E-state index is 10.9. The molecule has 0 saturated carbocycles. The van der Waals surface area contributed by atoms with Gasteiger partial charge in [-0.25, -0.2) is 9.59 Å². The smallest absolute Gasteiger partial charge is 0.408 e. The number of hydrogen-bond donors (Lipinski definition) is 2. The number of hydrogen-bond acceptors (Lipinski definition) is 4. The van der Waals surface area contributed by atoms with E-state index in [1.807, 2.05) is 6.92 Å². The molecule has 6 nitrogen and oxygen atoms in total. The highest BCUT2D eigenvalue weighted by Crippen LogP contribution is 1.98. The van der Waals surface area contributed by atoms with Crippen LogP contribution in [0, 0.1) is 0 Å². The fourth-order valence-electron chi connectivity index (χ4n) is 0.991. The Hall–Kier alpha value is -1.46. The topological polar surface area (TPSA) is 76.7 Å². The number of alkyl carbamates (subject to hydrolysis) is 2. The lowest BCUT2D eigenvalue weighted by molar-refractivity contribution is 0.151. The molecule has 0 aromatic rings. The van der Waals surface area contributed by atoms with E-state index in [1.54, 1.807) is 0 Å². The molecule has 2 N–H and O–H groups in total. The summed E-state index contributed by atoms with van der Waals surface area (Å²) in [4.78, 5) is 21.9. The van der Waals surface area contributed by atoms with Crippen molar-refractivity contribution in [2.75, 3.05) is 14.2 Å². The molecule has 0 radical (unpaired) electrons. The molecule has 0 aromatic heterocycles. The van der Waals surface area contributed by atoms with Crippen molar-refractivity contribution in [2.24, 2.45) is 0 Å². The molecule has 15 heavy (non-hydrogen) atoms. The molecule has 0 rings (SSSR count). The van der Waals surface area contributed by atoms with Crippen molar-refractivity contribution >= 4 is 12.2 Å². The van der Waals surface area contributed by atoms with Crippen LogP contribution in [0.2, 0.25) is 0 Å². The maximum atomic E-state index is 10.9. The largest absolute Gasteiger partial charge is 0.453 e. The van der Waals surface area contributed by atoms with Gasteiger partial charge in [0.05, 0.1) is 14.2 Å². The van der Waals surface area contributed by atoms with Crippen molar-refractivity contribution in [1.82, 2.24) is 10.6 Å². The van der Waals surface area contributed by atoms with Crippen molar-refractivity contribution in [3.05, 3.63) is 0 Å². The fourth-order valence-corrected chi connectivity index (χ4v) is 0.991. The number of ether oxygens (including phenoxy) is 2. The predicted molar refractivity (Wildman–Crippen MR) is 54.4 cm³/mol. The van der Waals surface area contributed by atoms with E-state index < -0.39 is 18.4 Å². The third kappa shape index (κ3) is 6.59. The van der Waals surface area contributed by atoms with Crippen molar-refractivity contribution in [3.63, 3.8) is 0 Å². The molecule has 0 fully saturated rings. The summed E-state index contributed by atoms with van der Waals surface area (Å²) in [6.07, 6.45) is 0.895. The molecule has 0 aliphatic rings. The summed E-state index contributed by atoms with van der Waals surface area (Å²) >= 11 is 0. The predicted octanol–water partition coefficient (Wildman–Crippen LogP) is 1.21. The molecule has 0 atom stereocenters. The second kappa shape index (κ2) is 7.90. The summed E-state index contributed by atoms with van der Waals surface area (Å²) in [6.45, 7) is 2.02. The summed E-state index contributed by atoms with van der Waals surface area (Å²) < 4.78 is 8.87. The van der Waals surface area contributed by atoms with Crippen LogP contribution in [0.25, 0.3) is 0 Å². The van der Waals surface area contributed by atoms with Gasteiger partial charge in [-0.15, -0.1) is 0 Å². The van der Waals surface area contributed by atoms with E-state index >= 15 is 0 Å². The van der Waals surface area contributed by atoms with E-state index in [0.717, 1.165) is 12.8 Å². The highest BCUT2D eigenvalue weighted by atomic mass is 16.5. The van der Waals surface area contributed by atoms with Gasteiger partial charge in [-0.05, 0) is 12.8 Å². The Morgan fingerprint density at radius 2 is 1.60 bits per heavy atom. The first-order valence-corrected chi connectivity index (χ1v) is 4.83. The lowest BCUT2D eigenvalue weighted by Crippen LogP contribution is -2.47. The second-order valence-electron chi connectivity index (χ2n) is 2.97. The third-order valence-corrected chi connectivity index (χ3v) is 1.80. The Morgan fingerprint density at radius 3 is 1.93 bits per heavy atom. The number of carbonyl (C=O) groups excluding carboxylic acids is 2. The standard InChI is InChI=1S/C9H18N2O4/c1-4-5-6-7(10-8(12)14-2)11-9(13)15-3/h7H,4-6H2,1-3H3,(H,10,12)(H,11,13). The molecule has 0 aliphatic heterocycles. The number of methoxy groups -OCH3 is 2. The van der Waals surface area contributed by atoms with Gasteiger partial charge in [0.2, 0.25) is 0 Å². The molecular weight excluding hydrogens is 200 g/mol. The lowest BCUT2D eigenvalue weighted by atomic mass is 10.2. The zero-order valence-corrected chi connectivity index (χ0v) is 9.33. The van der Waals surface area contributed by atoms with Crippen LogP contribution >= 0.6 is 0 Å². The first-order valence-electron chi connectivity index (χ1n) is 4.83. The Morgan fingerprint density at radius 1 is 1.13 bits per heavy atom. The molecule has 0 heterocycles. The Bertz CT molecular complexity index is 190. The molecule has 0 saturated heterocycles. The molecule has 88 valence electrons. The Balaban J connectivity index is 4.05. The van der Waals surface area contributed by atoms with Crippen molar-refractivity contribution in [1.29, 1.82) is 0 Å². The van der Waals surface area contributed by atoms with Gasteiger partial charge in [-0.1, -0.05) is 13.3 Å². The third-order valence-electron chi connectivity index (χ3n) is 1.80. The van der Waals surface area contributed by atoms with Gasteiger partial charge < -0.3 is 20.1 Å². The van der Waals surface area contributed by atoms with Gasteiger partial charge in [-0.3, -0.25) is 0 Å². The normalized spacial score (nSPS) is 9.60. The summed E-state index contributed by atoms with van der Waals surface area (Å²) in [7, 11) is 2.54. The quantitative estimate of drug-likeness (QED) is 0.680. The van der Waals surface area contributed by atoms with Crippen molar-refractivity contribution in [3.8, 4) is 0 Å². The fraction of sp³-hybridized carbons (Fsp3) is 0.778. The number of nitrogens with one attached hydrogen (secondary N) is 2. The van der Waals surface area contributed by atoms with Crippen LogP contribution in [-0.2, 0) is 9.47 Å². The number of unbranched alkanes of at least 4 members (excludes halogenated alkanes) is 1. The van der Waals surface area contributed by atoms with Crippen LogP contribution in [-0.4, -0.2) is 32.6 Å². The van der Waals surface area contributed by atoms with Gasteiger partial charge in [0.1, 0.15) is 6.17 Å². The Kier molecular flexibility index (Phi) is 7.13. The van der Waals surface area contributed by atoms with Crippen LogP contribution in [0.3, 0.4) is 0 Å². The van der Waals surface area contributed by atoms with Crippen LogP contribution in [0.1, 0.15) is 26.2 Å². The minimum absolute atomic E-state index is 0.454. The second-order valence-corrected chi connectivity index (χ2v) is 2.97. The molecule has 2 amide bonds. The molecule has 0 bridgehead atoms. The van der Waals surface area contributed by atoms with Crippen molar-refractivity contribution < 1.29 is 19.1 Å². The number of rotatable bonds is 5. The van der Waals surface area contributed by atoms with Crippen LogP contribution in [0.5, 0.6) is 0 Å². The number of amides is 2. The molecular formula is C9H18N2O4. The van der Waals surface area contributed by atoms with E-state index in [0.29, 0.717) is 6.42 Å². The maximum Gasteiger partial charge on any atom is 0.408 e. The monoisotopic (exact) mass is 218 g/mol. The van der Waals surface area contributed by atoms with E-state index in [9.17, 15) is 9.59 Å². The van der Waals surface area contributed by atoms with Crippen molar-refractivity contribution in [2.45, 2.75) is 32.4 Å². The molecule has 0 aromatic carbocycles. The lowest BCUT2D eigenvalue weighted by Gasteiger charge is -2.18. The zero-order valence-electron chi connectivity index (χ0n) is 9.33. The highest BCUT2D eigenvalue weighted by Gasteiger charge is 2.14. The minimum Gasteiger partial charge on any atom is -0.453 e. The van der Waals surface area contributed by atoms with Gasteiger partial charge in [0.25, 0.3) is 0 Å². The molecule has 0 spiro atoms.